The van der Waals surface area contributed by atoms with Crippen molar-refractivity contribution < 1.29 is 80.2 Å². The fourth-order valence-electron chi connectivity index (χ4n) is 5.53. The molecule has 2 aliphatic heterocycles. The van der Waals surface area contributed by atoms with Crippen molar-refractivity contribution in [2.45, 2.75) is 113 Å². The Morgan fingerprint density at radius 2 is 1.10 bits per heavy atom. The quantitative estimate of drug-likeness (QED) is 0.0951. The lowest BCUT2D eigenvalue weighted by atomic mass is 9.77. The van der Waals surface area contributed by atoms with E-state index in [0.29, 0.717) is 0 Å². The highest BCUT2D eigenvalue weighted by Crippen LogP contribution is 2.41. The van der Waals surface area contributed by atoms with Crippen LogP contribution in [0.25, 0.3) is 0 Å². The molecule has 0 aromatic carbocycles. The molecule has 2 heterocycles. The van der Waals surface area contributed by atoms with Crippen molar-refractivity contribution in [3.05, 3.63) is 0 Å². The first-order valence-electron chi connectivity index (χ1n) is 13.0. The smallest absolute Gasteiger partial charge is 0.187 e. The summed E-state index contributed by atoms with van der Waals surface area (Å²) >= 11 is 0. The van der Waals surface area contributed by atoms with Crippen LogP contribution in [-0.4, -0.2) is 173 Å². The van der Waals surface area contributed by atoms with E-state index in [1.54, 1.807) is 0 Å². The minimum absolute atomic E-state index is 0.705. The molecule has 0 aromatic heterocycles. The van der Waals surface area contributed by atoms with Crippen LogP contribution in [0.15, 0.2) is 0 Å². The van der Waals surface area contributed by atoms with Gasteiger partial charge in [-0.3, -0.25) is 0 Å². The van der Waals surface area contributed by atoms with Crippen molar-refractivity contribution in [2.24, 2.45) is 11.8 Å². The molecule has 2 fully saturated rings. The average molecular weight is 591 g/mol. The molecule has 2 aliphatic rings. The topological polar surface area (TPSA) is 280 Å². The number of aliphatic hydroxyl groups is 12. The Labute approximate surface area is 231 Å². The maximum absolute atomic E-state index is 11.1. The van der Waals surface area contributed by atoms with Gasteiger partial charge in [0, 0.05) is 11.8 Å². The van der Waals surface area contributed by atoms with Crippen LogP contribution in [0, 0.1) is 11.8 Å². The summed E-state index contributed by atoms with van der Waals surface area (Å²) in [5.74, 6) is -2.65. The number of hydrogen-bond acceptors (Lipinski definition) is 16. The molecule has 14 atom stereocenters. The van der Waals surface area contributed by atoms with E-state index < -0.39 is 123 Å². The maximum atomic E-state index is 11.1. The van der Waals surface area contributed by atoms with Crippen LogP contribution in [0.2, 0.25) is 0 Å². The molecule has 11 unspecified atom stereocenters. The zero-order chi connectivity index (χ0) is 30.7. The SMILES string of the molecule is CC(C)(OC1OC(CO)C(O)C(O)C1O)C1C(CO)OC(OC(C)(C)C([C@H](O)CO)[C@H](O)[C@@H](O)CO)C(O)C1O. The Morgan fingerprint density at radius 1 is 0.625 bits per heavy atom. The van der Waals surface area contributed by atoms with Crippen LogP contribution in [-0.2, 0) is 18.9 Å². The average Bonchev–Trinajstić information content (AvgIpc) is 2.89. The van der Waals surface area contributed by atoms with E-state index >= 15 is 0 Å². The van der Waals surface area contributed by atoms with Gasteiger partial charge in [-0.2, -0.15) is 0 Å². The zero-order valence-electron chi connectivity index (χ0n) is 22.9. The van der Waals surface area contributed by atoms with Crippen molar-refractivity contribution in [2.75, 3.05) is 26.4 Å². The van der Waals surface area contributed by atoms with Gasteiger partial charge in [-0.05, 0) is 27.7 Å². The second-order valence-corrected chi connectivity index (χ2v) is 11.4. The zero-order valence-corrected chi connectivity index (χ0v) is 22.9. The second-order valence-electron chi connectivity index (χ2n) is 11.4. The second kappa shape index (κ2) is 14.2. The van der Waals surface area contributed by atoms with Gasteiger partial charge in [0.1, 0.15) is 36.6 Å². The predicted molar refractivity (Wildman–Crippen MR) is 131 cm³/mol. The molecule has 0 aliphatic carbocycles. The van der Waals surface area contributed by atoms with Crippen molar-refractivity contribution in [3.8, 4) is 0 Å². The molecular weight excluding hydrogens is 544 g/mol. The van der Waals surface area contributed by atoms with E-state index in [4.69, 9.17) is 18.9 Å². The van der Waals surface area contributed by atoms with Crippen LogP contribution in [0.3, 0.4) is 0 Å². The number of hydrogen-bond donors (Lipinski definition) is 12. The summed E-state index contributed by atoms with van der Waals surface area (Å²) in [5, 5.41) is 122. The van der Waals surface area contributed by atoms with Crippen LogP contribution in [0.1, 0.15) is 27.7 Å². The Morgan fingerprint density at radius 3 is 1.60 bits per heavy atom. The molecule has 0 bridgehead atoms. The van der Waals surface area contributed by atoms with Gasteiger partial charge in [-0.15, -0.1) is 0 Å². The van der Waals surface area contributed by atoms with Gasteiger partial charge in [0.25, 0.3) is 0 Å². The van der Waals surface area contributed by atoms with E-state index in [9.17, 15) is 61.3 Å². The molecular formula is C24H46O16. The third-order valence-electron chi connectivity index (χ3n) is 7.73. The van der Waals surface area contributed by atoms with Crippen molar-refractivity contribution in [1.82, 2.24) is 0 Å². The Kier molecular flexibility index (Phi) is 12.6. The molecule has 238 valence electrons. The van der Waals surface area contributed by atoms with Gasteiger partial charge in [0.05, 0.1) is 62.0 Å². The summed E-state index contributed by atoms with van der Waals surface area (Å²) in [6.07, 6.45) is -19.7. The maximum Gasteiger partial charge on any atom is 0.187 e. The minimum Gasteiger partial charge on any atom is -0.394 e. The summed E-state index contributed by atoms with van der Waals surface area (Å²) < 4.78 is 22.8. The summed E-state index contributed by atoms with van der Waals surface area (Å²) in [5.41, 5.74) is -3.22. The highest BCUT2D eigenvalue weighted by Gasteiger charge is 2.56. The molecule has 0 spiro atoms. The first-order chi connectivity index (χ1) is 18.5. The molecule has 16 nitrogen and oxygen atoms in total. The van der Waals surface area contributed by atoms with E-state index in [2.05, 4.69) is 0 Å². The highest BCUT2D eigenvalue weighted by atomic mass is 16.7. The molecule has 12 N–H and O–H groups in total. The standard InChI is InChI=1S/C24H46O16/c1-23(2,13(9(29)5-25)15(31)10(30)6-26)39-21-19(35)17(33)14(11(7-27)37-21)24(3,4)40-22-20(36)18(34)16(32)12(8-28)38-22/h9-22,25-36H,5-8H2,1-4H3/t9-,10+,11?,12?,13?,14?,15-,16?,17?,18?,19?,20?,21?,22?/m1/s1. The van der Waals surface area contributed by atoms with Gasteiger partial charge >= 0.3 is 0 Å². The van der Waals surface area contributed by atoms with Crippen LogP contribution >= 0.6 is 0 Å². The lowest BCUT2D eigenvalue weighted by molar-refractivity contribution is -0.365. The van der Waals surface area contributed by atoms with E-state index in [-0.39, 0.29) is 0 Å². The first kappa shape index (κ1) is 35.6. The molecule has 2 saturated heterocycles. The normalized spacial score (nSPS) is 39.0. The summed E-state index contributed by atoms with van der Waals surface area (Å²) in [4.78, 5) is 0. The van der Waals surface area contributed by atoms with Crippen molar-refractivity contribution in [3.63, 3.8) is 0 Å². The van der Waals surface area contributed by atoms with Gasteiger partial charge in [-0.1, -0.05) is 0 Å². The molecule has 40 heavy (non-hydrogen) atoms. The monoisotopic (exact) mass is 590 g/mol. The molecule has 16 heteroatoms. The lowest BCUT2D eigenvalue weighted by Gasteiger charge is -2.52. The van der Waals surface area contributed by atoms with Crippen LogP contribution < -0.4 is 0 Å². The summed E-state index contributed by atoms with van der Waals surface area (Å²) in [6, 6.07) is 0. The lowest BCUT2D eigenvalue weighted by Crippen LogP contribution is -2.66. The third-order valence-corrected chi connectivity index (χ3v) is 7.73. The van der Waals surface area contributed by atoms with Gasteiger partial charge in [-0.25, -0.2) is 0 Å². The Bertz CT molecular complexity index is 765. The Hall–Kier alpha value is -0.640. The van der Waals surface area contributed by atoms with Crippen LogP contribution in [0.5, 0.6) is 0 Å². The van der Waals surface area contributed by atoms with Gasteiger partial charge in [0.2, 0.25) is 0 Å². The van der Waals surface area contributed by atoms with E-state index in [1.165, 1.54) is 27.7 Å². The minimum atomic E-state index is -1.82. The summed E-state index contributed by atoms with van der Waals surface area (Å²) in [7, 11) is 0. The van der Waals surface area contributed by atoms with Gasteiger partial charge < -0.3 is 80.2 Å². The molecule has 2 rings (SSSR count). The molecule has 0 saturated carbocycles. The highest BCUT2D eigenvalue weighted by molar-refractivity contribution is 5.00. The largest absolute Gasteiger partial charge is 0.394 e. The number of aliphatic hydroxyl groups excluding tert-OH is 12. The molecule has 0 aromatic rings. The number of rotatable bonds is 13. The third kappa shape index (κ3) is 7.46. The summed E-state index contributed by atoms with van der Waals surface area (Å²) in [6.45, 7) is 2.38. The fraction of sp³-hybridized carbons (Fsp3) is 1.00. The molecule has 0 amide bonds. The Balaban J connectivity index is 2.28. The predicted octanol–water partition coefficient (Wildman–Crippen LogP) is -5.88. The van der Waals surface area contributed by atoms with Crippen LogP contribution in [0.4, 0.5) is 0 Å². The number of ether oxygens (including phenoxy) is 4. The van der Waals surface area contributed by atoms with Crippen molar-refractivity contribution in [1.29, 1.82) is 0 Å². The fourth-order valence-corrected chi connectivity index (χ4v) is 5.53. The molecule has 0 radical (unpaired) electrons. The van der Waals surface area contributed by atoms with Gasteiger partial charge in [0.15, 0.2) is 12.6 Å². The first-order valence-corrected chi connectivity index (χ1v) is 13.0. The van der Waals surface area contributed by atoms with E-state index in [0.717, 1.165) is 0 Å². The van der Waals surface area contributed by atoms with Crippen molar-refractivity contribution >= 4 is 0 Å². The van der Waals surface area contributed by atoms with E-state index in [1.807, 2.05) is 0 Å².